The fourth-order valence-corrected chi connectivity index (χ4v) is 2.71. The highest BCUT2D eigenvalue weighted by Gasteiger charge is 2.14. The molecule has 0 fully saturated rings. The molecule has 1 aromatic heterocycles. The normalized spacial score (nSPS) is 10.3. The maximum Gasteiger partial charge on any atom is 0.325 e. The van der Waals surface area contributed by atoms with Crippen molar-refractivity contribution < 1.29 is 23.9 Å². The maximum absolute atomic E-state index is 12.6. The number of benzene rings is 2. The molecule has 3 rings (SSSR count). The number of ether oxygens (including phenoxy) is 2. The molecule has 0 spiro atoms. The van der Waals surface area contributed by atoms with Crippen molar-refractivity contribution in [1.29, 1.82) is 0 Å². The van der Waals surface area contributed by atoms with E-state index in [9.17, 15) is 19.2 Å². The number of fused-ring (bicyclic) bond motifs is 1. The molecule has 0 aliphatic carbocycles. The molecule has 0 atom stereocenters. The lowest BCUT2D eigenvalue weighted by molar-refractivity contribution is -0.139. The summed E-state index contributed by atoms with van der Waals surface area (Å²) < 4.78 is 9.62. The Kier molecular flexibility index (Phi) is 6.11. The zero-order chi connectivity index (χ0) is 21.7. The van der Waals surface area contributed by atoms with Gasteiger partial charge in [-0.05, 0) is 48.5 Å². The van der Waals surface area contributed by atoms with Gasteiger partial charge in [-0.2, -0.15) is 0 Å². The number of carbonyl (C=O) groups excluding carboxylic acids is 3. The van der Waals surface area contributed by atoms with Crippen molar-refractivity contribution in [2.75, 3.05) is 26.1 Å². The molecule has 0 unspecified atom stereocenters. The fourth-order valence-electron chi connectivity index (χ4n) is 2.71. The second-order valence-corrected chi connectivity index (χ2v) is 6.26. The Hall–Kier alpha value is -4.14. The van der Waals surface area contributed by atoms with Crippen LogP contribution in [0.4, 0.5) is 5.69 Å². The molecule has 3 aromatic rings. The number of esters is 1. The standard InChI is InChI=1S/C21H19N3O6/c1-29-15-7-8-17-13(9-15)10-16(21(28)24-17)20(27)23-14-5-3-12(4-6-14)19(26)22-11-18(25)30-2/h3-10H,11H2,1-2H3,(H,22,26)(H,23,27)(H,24,28). The lowest BCUT2D eigenvalue weighted by Gasteiger charge is -2.08. The lowest BCUT2D eigenvalue weighted by atomic mass is 10.1. The van der Waals surface area contributed by atoms with Crippen LogP contribution in [0.15, 0.2) is 53.3 Å². The topological polar surface area (TPSA) is 127 Å². The van der Waals surface area contributed by atoms with E-state index in [1.165, 1.54) is 44.6 Å². The second kappa shape index (κ2) is 8.91. The number of carbonyl (C=O) groups is 3. The summed E-state index contributed by atoms with van der Waals surface area (Å²) in [5.74, 6) is -1.02. The molecule has 2 aromatic carbocycles. The van der Waals surface area contributed by atoms with Crippen molar-refractivity contribution in [3.05, 3.63) is 70.0 Å². The summed E-state index contributed by atoms with van der Waals surface area (Å²) in [6, 6.07) is 12.6. The fraction of sp³-hybridized carbons (Fsp3) is 0.143. The van der Waals surface area contributed by atoms with E-state index in [0.29, 0.717) is 27.9 Å². The Morgan fingerprint density at radius 2 is 1.70 bits per heavy atom. The van der Waals surface area contributed by atoms with Crippen LogP contribution in [-0.2, 0) is 9.53 Å². The minimum absolute atomic E-state index is 0.0596. The first-order chi connectivity index (χ1) is 14.4. The first kappa shape index (κ1) is 20.6. The van der Waals surface area contributed by atoms with Crippen molar-refractivity contribution in [3.63, 3.8) is 0 Å². The van der Waals surface area contributed by atoms with Gasteiger partial charge in [0.1, 0.15) is 17.9 Å². The molecule has 0 aliphatic heterocycles. The quantitative estimate of drug-likeness (QED) is 0.532. The molecule has 9 nitrogen and oxygen atoms in total. The van der Waals surface area contributed by atoms with E-state index in [-0.39, 0.29) is 12.1 Å². The van der Waals surface area contributed by atoms with E-state index < -0.39 is 23.3 Å². The molecule has 0 aliphatic rings. The number of methoxy groups -OCH3 is 2. The molecule has 0 saturated heterocycles. The number of hydrogen-bond acceptors (Lipinski definition) is 6. The van der Waals surface area contributed by atoms with Gasteiger partial charge in [0.15, 0.2) is 0 Å². The van der Waals surface area contributed by atoms with Gasteiger partial charge in [0, 0.05) is 22.2 Å². The summed E-state index contributed by atoms with van der Waals surface area (Å²) in [5.41, 5.74) is 0.696. The van der Waals surface area contributed by atoms with Crippen LogP contribution in [-0.4, -0.2) is 43.5 Å². The summed E-state index contributed by atoms with van der Waals surface area (Å²) >= 11 is 0. The number of pyridine rings is 1. The van der Waals surface area contributed by atoms with Crippen LogP contribution in [0.5, 0.6) is 5.75 Å². The number of rotatable bonds is 6. The van der Waals surface area contributed by atoms with Crippen LogP contribution in [0.25, 0.3) is 10.9 Å². The molecular weight excluding hydrogens is 390 g/mol. The molecule has 30 heavy (non-hydrogen) atoms. The van der Waals surface area contributed by atoms with E-state index in [4.69, 9.17) is 4.74 Å². The van der Waals surface area contributed by atoms with Crippen molar-refractivity contribution >= 4 is 34.4 Å². The number of nitrogens with one attached hydrogen (secondary N) is 3. The van der Waals surface area contributed by atoms with Crippen LogP contribution in [0.1, 0.15) is 20.7 Å². The Morgan fingerprint density at radius 3 is 2.37 bits per heavy atom. The van der Waals surface area contributed by atoms with Crippen LogP contribution in [0, 0.1) is 0 Å². The minimum atomic E-state index is -0.594. The van der Waals surface area contributed by atoms with Crippen molar-refractivity contribution in [2.24, 2.45) is 0 Å². The molecule has 2 amide bonds. The summed E-state index contributed by atoms with van der Waals surface area (Å²) in [4.78, 5) is 50.6. The molecule has 0 bridgehead atoms. The molecule has 0 radical (unpaired) electrons. The summed E-state index contributed by atoms with van der Waals surface area (Å²) in [5, 5.41) is 5.68. The zero-order valence-electron chi connectivity index (χ0n) is 16.3. The predicted octanol–water partition coefficient (Wildman–Crippen LogP) is 1.69. The average molecular weight is 409 g/mol. The van der Waals surface area contributed by atoms with Gasteiger partial charge in [-0.25, -0.2) is 0 Å². The number of hydrogen-bond donors (Lipinski definition) is 3. The third-order valence-electron chi connectivity index (χ3n) is 4.32. The summed E-state index contributed by atoms with van der Waals surface area (Å²) in [7, 11) is 2.75. The number of H-pyrrole nitrogens is 1. The van der Waals surface area contributed by atoms with Gasteiger partial charge in [0.05, 0.1) is 14.2 Å². The maximum atomic E-state index is 12.6. The van der Waals surface area contributed by atoms with Crippen LogP contribution in [0.3, 0.4) is 0 Å². The molecule has 3 N–H and O–H groups in total. The summed E-state index contributed by atoms with van der Waals surface area (Å²) in [6.45, 7) is -0.247. The Morgan fingerprint density at radius 1 is 0.967 bits per heavy atom. The highest BCUT2D eigenvalue weighted by atomic mass is 16.5. The minimum Gasteiger partial charge on any atom is -0.497 e. The smallest absolute Gasteiger partial charge is 0.325 e. The Labute approximate surface area is 171 Å². The third-order valence-corrected chi connectivity index (χ3v) is 4.32. The highest BCUT2D eigenvalue weighted by molar-refractivity contribution is 6.06. The van der Waals surface area contributed by atoms with Gasteiger partial charge in [0.2, 0.25) is 0 Å². The number of aromatic nitrogens is 1. The van der Waals surface area contributed by atoms with Gasteiger partial charge < -0.3 is 25.1 Å². The van der Waals surface area contributed by atoms with Gasteiger partial charge >= 0.3 is 5.97 Å². The Balaban J connectivity index is 1.74. The van der Waals surface area contributed by atoms with Gasteiger partial charge in [0.25, 0.3) is 17.4 Å². The van der Waals surface area contributed by atoms with Crippen molar-refractivity contribution in [1.82, 2.24) is 10.3 Å². The lowest BCUT2D eigenvalue weighted by Crippen LogP contribution is -2.30. The van der Waals surface area contributed by atoms with E-state index in [1.54, 1.807) is 18.2 Å². The largest absolute Gasteiger partial charge is 0.497 e. The summed E-state index contributed by atoms with van der Waals surface area (Å²) in [6.07, 6.45) is 0. The SMILES string of the molecule is COC(=O)CNC(=O)c1ccc(NC(=O)c2cc3cc(OC)ccc3[nH]c2=O)cc1. The van der Waals surface area contributed by atoms with E-state index in [0.717, 1.165) is 0 Å². The van der Waals surface area contributed by atoms with E-state index in [2.05, 4.69) is 20.4 Å². The third kappa shape index (κ3) is 4.64. The molecule has 154 valence electrons. The number of anilines is 1. The monoisotopic (exact) mass is 409 g/mol. The van der Waals surface area contributed by atoms with Crippen molar-refractivity contribution in [3.8, 4) is 5.75 Å². The predicted molar refractivity (Wildman–Crippen MR) is 110 cm³/mol. The van der Waals surface area contributed by atoms with E-state index in [1.807, 2.05) is 0 Å². The van der Waals surface area contributed by atoms with Gasteiger partial charge in [-0.15, -0.1) is 0 Å². The van der Waals surface area contributed by atoms with E-state index >= 15 is 0 Å². The molecule has 1 heterocycles. The highest BCUT2D eigenvalue weighted by Crippen LogP contribution is 2.19. The first-order valence-electron chi connectivity index (χ1n) is 8.89. The number of aromatic amines is 1. The van der Waals surface area contributed by atoms with Crippen LogP contribution >= 0.6 is 0 Å². The molecule has 0 saturated carbocycles. The van der Waals surface area contributed by atoms with Gasteiger partial charge in [-0.3, -0.25) is 19.2 Å². The zero-order valence-corrected chi connectivity index (χ0v) is 16.3. The Bertz CT molecular complexity index is 1170. The second-order valence-electron chi connectivity index (χ2n) is 6.26. The number of amides is 2. The van der Waals surface area contributed by atoms with Crippen molar-refractivity contribution in [2.45, 2.75) is 0 Å². The average Bonchev–Trinajstić information content (AvgIpc) is 2.76. The molecular formula is C21H19N3O6. The van der Waals surface area contributed by atoms with Gasteiger partial charge in [-0.1, -0.05) is 0 Å². The molecule has 9 heteroatoms. The first-order valence-corrected chi connectivity index (χ1v) is 8.89. The van der Waals surface area contributed by atoms with Crippen LogP contribution < -0.4 is 20.9 Å². The van der Waals surface area contributed by atoms with Crippen LogP contribution in [0.2, 0.25) is 0 Å².